The highest BCUT2D eigenvalue weighted by molar-refractivity contribution is 5.93. The molecule has 9 N–H and O–H groups in total. The second kappa shape index (κ2) is 18.5. The van der Waals surface area contributed by atoms with Gasteiger partial charge in [0, 0.05) is 90.1 Å². The van der Waals surface area contributed by atoms with Crippen LogP contribution in [0, 0.1) is 17.8 Å². The molecular weight excluding hydrogens is 859 g/mol. The number of rotatable bonds is 11. The first-order valence-corrected chi connectivity index (χ1v) is 24.1. The first-order valence-electron chi connectivity index (χ1n) is 24.1. The van der Waals surface area contributed by atoms with Crippen LogP contribution in [0.5, 0.6) is 5.75 Å². The summed E-state index contributed by atoms with van der Waals surface area (Å²) < 4.78 is 0. The number of benzene rings is 2. The number of nitrogen functional groups attached to an aromatic ring is 1. The number of amides is 4. The van der Waals surface area contributed by atoms with E-state index in [1.54, 1.807) is 23.1 Å². The van der Waals surface area contributed by atoms with Gasteiger partial charge in [0.2, 0.25) is 17.8 Å². The quantitative estimate of drug-likeness (QED) is 0.0991. The Morgan fingerprint density at radius 1 is 1.00 bits per heavy atom. The number of hydrogen-bond donors (Lipinski definition) is 7. The number of anilines is 2. The number of urea groups is 1. The van der Waals surface area contributed by atoms with Crippen molar-refractivity contribution in [3.63, 3.8) is 0 Å². The van der Waals surface area contributed by atoms with Crippen LogP contribution >= 0.6 is 0 Å². The summed E-state index contributed by atoms with van der Waals surface area (Å²) in [6.45, 7) is 11.3. The number of carbonyl (C=O) groups is 3. The van der Waals surface area contributed by atoms with Gasteiger partial charge in [0.25, 0.3) is 0 Å². The third kappa shape index (κ3) is 9.09. The molecule has 4 fully saturated rings. The fraction of sp³-hybridized carbons (Fsp3) is 0.481. The van der Waals surface area contributed by atoms with Crippen molar-refractivity contribution >= 4 is 41.4 Å². The Kier molecular flexibility index (Phi) is 12.7. The van der Waals surface area contributed by atoms with Gasteiger partial charge in [-0.25, -0.2) is 14.8 Å². The molecule has 1 spiro atoms. The van der Waals surface area contributed by atoms with Gasteiger partial charge >= 0.3 is 6.03 Å². The Hall–Kier alpha value is -6.57. The number of phenolic OH excluding ortho intramolecular Hbond substituents is 1. The summed E-state index contributed by atoms with van der Waals surface area (Å²) in [7, 11) is 0. The maximum absolute atomic E-state index is 14.0. The van der Waals surface area contributed by atoms with Crippen LogP contribution in [-0.2, 0) is 16.0 Å². The molecule has 5 aliphatic rings. The largest absolute Gasteiger partial charge is 0.507 e. The smallest absolute Gasteiger partial charge is 0.318 e. The molecule has 4 aromatic rings. The number of H-pyrrole nitrogens is 1. The van der Waals surface area contributed by atoms with E-state index in [1.807, 2.05) is 55.7 Å². The van der Waals surface area contributed by atoms with Crippen molar-refractivity contribution in [2.75, 3.05) is 49.9 Å². The highest BCUT2D eigenvalue weighted by Crippen LogP contribution is 2.51. The number of likely N-dealkylation sites (tertiary alicyclic amines) is 3. The number of fused-ring (bicyclic) bond motifs is 1. The summed E-state index contributed by atoms with van der Waals surface area (Å²) in [4.78, 5) is 62.3. The normalized spacial score (nSPS) is 21.9. The van der Waals surface area contributed by atoms with Gasteiger partial charge in [-0.3, -0.25) is 9.59 Å². The topological polar surface area (TPSA) is 222 Å². The van der Waals surface area contributed by atoms with E-state index in [0.717, 1.165) is 85.2 Å². The second-order valence-electron chi connectivity index (χ2n) is 20.3. The van der Waals surface area contributed by atoms with Crippen molar-refractivity contribution in [1.82, 2.24) is 40.3 Å². The molecule has 1 aliphatic carbocycles. The zero-order valence-electron chi connectivity index (χ0n) is 39.5. The number of para-hydroxylation sites is 1. The molecule has 4 unspecified atom stereocenters. The van der Waals surface area contributed by atoms with Crippen LogP contribution in [0.25, 0.3) is 11.8 Å². The first kappa shape index (κ1) is 46.5. The SMILES string of the molecule is C#Cc1ccc(C(C)NC(=O)C2CCCN2C(=O)C(NC(=O)N2CC3(CC(N4CCC(c5cnc(N6CCc7[nH]c(N)c(/C=C(\N)c8ccccc8O)c7C6C)nc5)CC4)C3)C2)C(C)(C)O)cc1. The van der Waals surface area contributed by atoms with E-state index in [0.29, 0.717) is 67.5 Å². The molecular formula is C52H65N11O5. The maximum Gasteiger partial charge on any atom is 0.318 e. The number of nitrogens with zero attached hydrogens (tertiary/aromatic N) is 6. The molecule has 4 aliphatic heterocycles. The van der Waals surface area contributed by atoms with Gasteiger partial charge in [-0.05, 0) is 127 Å². The standard InChI is InChI=1S/C52H65N11O5/c1-6-33-13-15-34(16-14-33)31(2)57-47(65)42-11-9-20-63(42)48(66)45(51(4,5)68)59-50(67)61-29-52(30-61)25-37(26-52)60-21-17-35(18-22-60)36-27-55-49(56-28-36)62-23-19-41-44(32(62)3)39(46(54)58-41)24-40(53)38-10-7-8-12-43(38)64/h1,7-8,10,12-16,24,27-28,31-32,35,37,42,45,58,64,68H,9,11,17-23,25-26,29-30,53-54H2,2-5H3,(H,57,65)(H,59,67)/b40-24-. The molecule has 16 heteroatoms. The average Bonchev–Trinajstić information content (AvgIpc) is 3.92. The predicted molar refractivity (Wildman–Crippen MR) is 262 cm³/mol. The van der Waals surface area contributed by atoms with Crippen LogP contribution < -0.4 is 27.0 Å². The van der Waals surface area contributed by atoms with Crippen molar-refractivity contribution in [3.8, 4) is 18.1 Å². The number of aromatic nitrogens is 3. The van der Waals surface area contributed by atoms with E-state index in [2.05, 4.69) is 38.3 Å². The van der Waals surface area contributed by atoms with Crippen LogP contribution in [0.3, 0.4) is 0 Å². The van der Waals surface area contributed by atoms with Gasteiger partial charge in [0.05, 0.1) is 17.7 Å². The molecule has 16 nitrogen and oxygen atoms in total. The summed E-state index contributed by atoms with van der Waals surface area (Å²) in [6, 6.07) is 12.2. The van der Waals surface area contributed by atoms with Gasteiger partial charge in [-0.15, -0.1) is 6.42 Å². The number of piperidine rings is 1. The van der Waals surface area contributed by atoms with Crippen molar-refractivity contribution < 1.29 is 24.6 Å². The van der Waals surface area contributed by atoms with E-state index >= 15 is 0 Å². The number of aromatic amines is 1. The molecule has 6 heterocycles. The molecule has 4 amide bonds. The molecule has 2 aromatic carbocycles. The number of terminal acetylenes is 1. The fourth-order valence-electron chi connectivity index (χ4n) is 11.4. The van der Waals surface area contributed by atoms with Crippen LogP contribution in [0.1, 0.15) is 123 Å². The molecule has 4 atom stereocenters. The lowest BCUT2D eigenvalue weighted by Gasteiger charge is -2.61. The highest BCUT2D eigenvalue weighted by atomic mass is 16.3. The molecule has 1 saturated carbocycles. The second-order valence-corrected chi connectivity index (χ2v) is 20.3. The molecule has 0 bridgehead atoms. The number of aromatic hydroxyl groups is 1. The molecule has 68 heavy (non-hydrogen) atoms. The predicted octanol–water partition coefficient (Wildman–Crippen LogP) is 5.02. The van der Waals surface area contributed by atoms with Crippen molar-refractivity contribution in [1.29, 1.82) is 0 Å². The van der Waals surface area contributed by atoms with E-state index in [9.17, 15) is 24.6 Å². The van der Waals surface area contributed by atoms with Crippen molar-refractivity contribution in [3.05, 3.63) is 100.0 Å². The maximum atomic E-state index is 14.0. The number of phenols is 1. The van der Waals surface area contributed by atoms with Crippen LogP contribution in [0.15, 0.2) is 60.9 Å². The van der Waals surface area contributed by atoms with E-state index in [-0.39, 0.29) is 35.2 Å². The van der Waals surface area contributed by atoms with Crippen LogP contribution in [0.2, 0.25) is 0 Å². The monoisotopic (exact) mass is 924 g/mol. The first-order chi connectivity index (χ1) is 32.5. The molecule has 0 radical (unpaired) electrons. The number of aliphatic hydroxyl groups is 1. The Balaban J connectivity index is 0.739. The molecule has 9 rings (SSSR count). The van der Waals surface area contributed by atoms with E-state index in [4.69, 9.17) is 27.9 Å². The fourth-order valence-corrected chi connectivity index (χ4v) is 11.4. The van der Waals surface area contributed by atoms with Gasteiger partial charge in [-0.2, -0.15) is 0 Å². The third-order valence-corrected chi connectivity index (χ3v) is 15.3. The minimum absolute atomic E-state index is 0.0592. The zero-order valence-corrected chi connectivity index (χ0v) is 39.5. The minimum atomic E-state index is -1.56. The van der Waals surface area contributed by atoms with Gasteiger partial charge in [0.1, 0.15) is 23.7 Å². The highest BCUT2D eigenvalue weighted by Gasteiger charge is 2.56. The lowest BCUT2D eigenvalue weighted by Crippen LogP contribution is -2.71. The lowest BCUT2D eigenvalue weighted by molar-refractivity contribution is -0.144. The summed E-state index contributed by atoms with van der Waals surface area (Å²) in [5.74, 6) is 3.56. The Bertz CT molecular complexity index is 2590. The molecule has 3 saturated heterocycles. The zero-order chi connectivity index (χ0) is 48.1. The average molecular weight is 924 g/mol. The summed E-state index contributed by atoms with van der Waals surface area (Å²) in [5, 5.41) is 27.4. The van der Waals surface area contributed by atoms with E-state index in [1.165, 1.54) is 18.7 Å². The summed E-state index contributed by atoms with van der Waals surface area (Å²) >= 11 is 0. The van der Waals surface area contributed by atoms with Gasteiger partial charge < -0.3 is 56.9 Å². The minimum Gasteiger partial charge on any atom is -0.507 e. The Morgan fingerprint density at radius 3 is 2.35 bits per heavy atom. The van der Waals surface area contributed by atoms with Crippen molar-refractivity contribution in [2.45, 2.75) is 114 Å². The van der Waals surface area contributed by atoms with Crippen LogP contribution in [-0.4, -0.2) is 121 Å². The molecule has 2 aromatic heterocycles. The van der Waals surface area contributed by atoms with Crippen molar-refractivity contribution in [2.24, 2.45) is 11.1 Å². The summed E-state index contributed by atoms with van der Waals surface area (Å²) in [5.41, 5.74) is 18.2. The summed E-state index contributed by atoms with van der Waals surface area (Å²) in [6.07, 6.45) is 17.3. The Morgan fingerprint density at radius 2 is 1.69 bits per heavy atom. The number of nitrogens with one attached hydrogen (secondary N) is 3. The van der Waals surface area contributed by atoms with E-state index < -0.39 is 23.6 Å². The number of nitrogens with two attached hydrogens (primary N) is 2. The Labute approximate surface area is 398 Å². The lowest BCUT2D eigenvalue weighted by atomic mass is 9.60. The number of carbonyl (C=O) groups excluding carboxylic acids is 3. The number of hydrogen-bond acceptors (Lipinski definition) is 11. The van der Waals surface area contributed by atoms with Crippen LogP contribution in [0.4, 0.5) is 16.6 Å². The molecule has 358 valence electrons. The van der Waals surface area contributed by atoms with Gasteiger partial charge in [0.15, 0.2) is 0 Å². The van der Waals surface area contributed by atoms with Gasteiger partial charge in [-0.1, -0.05) is 30.2 Å². The third-order valence-electron chi connectivity index (χ3n) is 15.3.